The molecule has 2 rings (SSSR count). The second-order valence-corrected chi connectivity index (χ2v) is 6.43. The minimum atomic E-state index is -3.62. The van der Waals surface area contributed by atoms with Crippen LogP contribution in [0.5, 0.6) is 0 Å². The van der Waals surface area contributed by atoms with Crippen molar-refractivity contribution in [2.45, 2.75) is 30.6 Å². The molecular weight excluding hydrogens is 255 g/mol. The number of hydrogen-bond acceptors (Lipinski definition) is 3. The monoisotopic (exact) mass is 272 g/mol. The number of benzene rings is 1. The first kappa shape index (κ1) is 13.3. The smallest absolute Gasteiger partial charge is 0.240 e. The van der Waals surface area contributed by atoms with E-state index in [-0.39, 0.29) is 10.6 Å². The standard InChI is InChI=1S/C12H17FN2O2S/c13-11-8-10(5-6-12(11)14)18(16,17)15-7-1-2-9-3-4-9/h5-6,8-9,15H,1-4,7,14H2. The Hall–Kier alpha value is -1.14. The van der Waals surface area contributed by atoms with Gasteiger partial charge in [-0.2, -0.15) is 0 Å². The van der Waals surface area contributed by atoms with Gasteiger partial charge >= 0.3 is 0 Å². The van der Waals surface area contributed by atoms with Crippen LogP contribution in [0, 0.1) is 11.7 Å². The zero-order chi connectivity index (χ0) is 13.2. The molecule has 6 heteroatoms. The van der Waals surface area contributed by atoms with Gasteiger partial charge in [0.05, 0.1) is 10.6 Å². The lowest BCUT2D eigenvalue weighted by Crippen LogP contribution is -2.25. The molecule has 0 saturated heterocycles. The molecule has 1 aromatic rings. The fourth-order valence-corrected chi connectivity index (χ4v) is 2.85. The number of anilines is 1. The predicted octanol–water partition coefficient (Wildman–Crippen LogP) is 1.88. The second kappa shape index (κ2) is 5.24. The predicted molar refractivity (Wildman–Crippen MR) is 68.0 cm³/mol. The fourth-order valence-electron chi connectivity index (χ4n) is 1.76. The Morgan fingerprint density at radius 2 is 2.11 bits per heavy atom. The Balaban J connectivity index is 1.93. The van der Waals surface area contributed by atoms with E-state index in [2.05, 4.69) is 4.72 Å². The number of halogens is 1. The maximum absolute atomic E-state index is 13.2. The van der Waals surface area contributed by atoms with Gasteiger partial charge in [-0.3, -0.25) is 0 Å². The van der Waals surface area contributed by atoms with Crippen molar-refractivity contribution < 1.29 is 12.8 Å². The first-order valence-electron chi connectivity index (χ1n) is 6.04. The van der Waals surface area contributed by atoms with Crippen LogP contribution in [0.25, 0.3) is 0 Å². The van der Waals surface area contributed by atoms with Crippen LogP contribution in [0.3, 0.4) is 0 Å². The van der Waals surface area contributed by atoms with Crippen molar-refractivity contribution in [1.29, 1.82) is 0 Å². The summed E-state index contributed by atoms with van der Waals surface area (Å²) in [6, 6.07) is 3.51. The molecule has 0 atom stereocenters. The third kappa shape index (κ3) is 3.43. The summed E-state index contributed by atoms with van der Waals surface area (Å²) < 4.78 is 39.3. The van der Waals surface area contributed by atoms with E-state index in [4.69, 9.17) is 5.73 Å². The Morgan fingerprint density at radius 3 is 2.72 bits per heavy atom. The van der Waals surface area contributed by atoms with Crippen LogP contribution in [0.15, 0.2) is 23.1 Å². The zero-order valence-electron chi connectivity index (χ0n) is 10.0. The number of hydrogen-bond donors (Lipinski definition) is 2. The molecule has 1 aliphatic carbocycles. The van der Waals surface area contributed by atoms with Gasteiger partial charge in [0, 0.05) is 6.54 Å². The van der Waals surface area contributed by atoms with Gasteiger partial charge < -0.3 is 5.73 Å². The lowest BCUT2D eigenvalue weighted by atomic mass is 10.2. The van der Waals surface area contributed by atoms with Gasteiger partial charge in [-0.05, 0) is 37.0 Å². The van der Waals surface area contributed by atoms with Crippen molar-refractivity contribution in [3.63, 3.8) is 0 Å². The van der Waals surface area contributed by atoms with E-state index in [9.17, 15) is 12.8 Å². The number of sulfonamides is 1. The van der Waals surface area contributed by atoms with E-state index < -0.39 is 15.8 Å². The molecule has 0 aliphatic heterocycles. The molecule has 1 saturated carbocycles. The summed E-state index contributed by atoms with van der Waals surface area (Å²) in [6.07, 6.45) is 4.39. The van der Waals surface area contributed by atoms with Crippen LogP contribution in [0.2, 0.25) is 0 Å². The van der Waals surface area contributed by atoms with Gasteiger partial charge in [0.1, 0.15) is 5.82 Å². The fraction of sp³-hybridized carbons (Fsp3) is 0.500. The molecule has 100 valence electrons. The lowest BCUT2D eigenvalue weighted by molar-refractivity contribution is 0.570. The van der Waals surface area contributed by atoms with E-state index in [1.54, 1.807) is 0 Å². The molecule has 0 amide bonds. The van der Waals surface area contributed by atoms with E-state index in [0.29, 0.717) is 6.54 Å². The number of rotatable bonds is 6. The van der Waals surface area contributed by atoms with Gasteiger partial charge in [-0.1, -0.05) is 12.8 Å². The lowest BCUT2D eigenvalue weighted by Gasteiger charge is -2.07. The SMILES string of the molecule is Nc1ccc(S(=O)(=O)NCCCC2CC2)cc1F. The summed E-state index contributed by atoms with van der Waals surface area (Å²) in [4.78, 5) is -0.0828. The van der Waals surface area contributed by atoms with Gasteiger partial charge in [0.15, 0.2) is 0 Å². The minimum Gasteiger partial charge on any atom is -0.396 e. The molecule has 0 bridgehead atoms. The summed E-state index contributed by atoms with van der Waals surface area (Å²) in [6.45, 7) is 0.394. The molecule has 1 aliphatic rings. The van der Waals surface area contributed by atoms with E-state index in [1.807, 2.05) is 0 Å². The van der Waals surface area contributed by atoms with E-state index in [0.717, 1.165) is 24.8 Å². The summed E-state index contributed by atoms with van der Waals surface area (Å²) in [5.41, 5.74) is 5.25. The molecule has 4 nitrogen and oxygen atoms in total. The third-order valence-electron chi connectivity index (χ3n) is 3.06. The highest BCUT2D eigenvalue weighted by Crippen LogP contribution is 2.33. The highest BCUT2D eigenvalue weighted by Gasteiger charge is 2.21. The highest BCUT2D eigenvalue weighted by atomic mass is 32.2. The van der Waals surface area contributed by atoms with Gasteiger partial charge in [-0.15, -0.1) is 0 Å². The molecule has 3 N–H and O–H groups in total. The van der Waals surface area contributed by atoms with Crippen LogP contribution < -0.4 is 10.5 Å². The Bertz CT molecular complexity index is 527. The van der Waals surface area contributed by atoms with Crippen LogP contribution >= 0.6 is 0 Å². The number of nitrogens with two attached hydrogens (primary N) is 1. The quantitative estimate of drug-likeness (QED) is 0.613. The van der Waals surface area contributed by atoms with Crippen molar-refractivity contribution in [3.8, 4) is 0 Å². The molecular formula is C12H17FN2O2S. The third-order valence-corrected chi connectivity index (χ3v) is 4.52. The normalized spacial score (nSPS) is 15.8. The van der Waals surface area contributed by atoms with E-state index >= 15 is 0 Å². The van der Waals surface area contributed by atoms with Crippen molar-refractivity contribution in [2.24, 2.45) is 5.92 Å². The average molecular weight is 272 g/mol. The molecule has 0 heterocycles. The van der Waals surface area contributed by atoms with E-state index in [1.165, 1.54) is 25.0 Å². The Morgan fingerprint density at radius 1 is 1.39 bits per heavy atom. The molecule has 0 unspecified atom stereocenters. The topological polar surface area (TPSA) is 72.2 Å². The first-order chi connectivity index (χ1) is 8.49. The molecule has 1 fully saturated rings. The molecule has 0 radical (unpaired) electrons. The first-order valence-corrected chi connectivity index (χ1v) is 7.52. The Labute approximate surface area is 106 Å². The summed E-state index contributed by atoms with van der Waals surface area (Å²) in [5, 5.41) is 0. The number of nitrogens with one attached hydrogen (secondary N) is 1. The van der Waals surface area contributed by atoms with Crippen molar-refractivity contribution in [2.75, 3.05) is 12.3 Å². The van der Waals surface area contributed by atoms with Gasteiger partial charge in [0.2, 0.25) is 10.0 Å². The van der Waals surface area contributed by atoms with Crippen molar-refractivity contribution >= 4 is 15.7 Å². The van der Waals surface area contributed by atoms with Gasteiger partial charge in [0.25, 0.3) is 0 Å². The summed E-state index contributed by atoms with van der Waals surface area (Å²) in [5.74, 6) is 0.0688. The average Bonchev–Trinajstić information content (AvgIpc) is 3.12. The summed E-state index contributed by atoms with van der Waals surface area (Å²) in [7, 11) is -3.62. The maximum Gasteiger partial charge on any atom is 0.240 e. The minimum absolute atomic E-state index is 0.0531. The Kier molecular flexibility index (Phi) is 3.87. The van der Waals surface area contributed by atoms with Crippen molar-refractivity contribution in [1.82, 2.24) is 4.72 Å². The summed E-state index contributed by atoms with van der Waals surface area (Å²) >= 11 is 0. The van der Waals surface area contributed by atoms with Crippen molar-refractivity contribution in [3.05, 3.63) is 24.0 Å². The van der Waals surface area contributed by atoms with Gasteiger partial charge in [-0.25, -0.2) is 17.5 Å². The van der Waals surface area contributed by atoms with Crippen LogP contribution in [0.4, 0.5) is 10.1 Å². The van der Waals surface area contributed by atoms with Crippen LogP contribution in [-0.4, -0.2) is 15.0 Å². The molecule has 1 aromatic carbocycles. The van der Waals surface area contributed by atoms with Crippen LogP contribution in [-0.2, 0) is 10.0 Å². The maximum atomic E-state index is 13.2. The molecule has 18 heavy (non-hydrogen) atoms. The highest BCUT2D eigenvalue weighted by molar-refractivity contribution is 7.89. The molecule has 0 aromatic heterocycles. The number of nitrogen functional groups attached to an aromatic ring is 1. The van der Waals surface area contributed by atoms with Crippen LogP contribution in [0.1, 0.15) is 25.7 Å². The largest absolute Gasteiger partial charge is 0.396 e. The molecule has 0 spiro atoms. The second-order valence-electron chi connectivity index (χ2n) is 4.67. The zero-order valence-corrected chi connectivity index (χ0v) is 10.8.